The van der Waals surface area contributed by atoms with Crippen molar-refractivity contribution in [1.29, 1.82) is 0 Å². The van der Waals surface area contributed by atoms with E-state index in [2.05, 4.69) is 10.3 Å². The van der Waals surface area contributed by atoms with Gasteiger partial charge in [0.15, 0.2) is 5.17 Å². The Kier molecular flexibility index (Phi) is 8.06. The number of aliphatic imine (C=N–C) groups is 1. The molecule has 1 aliphatic carbocycles. The molecule has 1 fully saturated rings. The van der Waals surface area contributed by atoms with E-state index in [1.54, 1.807) is 30.8 Å². The van der Waals surface area contributed by atoms with Gasteiger partial charge in [0, 0.05) is 31.4 Å². The number of urea groups is 2. The molecular formula is C17H32N4O2S. The largest absolute Gasteiger partial charge is 0.343 e. The molecule has 0 heterocycles. The number of carbonyl (C=O) groups excluding carboxylic acids is 2. The van der Waals surface area contributed by atoms with E-state index >= 15 is 0 Å². The van der Waals surface area contributed by atoms with Crippen LogP contribution in [-0.2, 0) is 0 Å². The summed E-state index contributed by atoms with van der Waals surface area (Å²) in [5, 5.41) is 3.57. The smallest absolute Gasteiger partial charge is 0.336 e. The molecule has 0 aromatic heterocycles. The Morgan fingerprint density at radius 1 is 1.17 bits per heavy atom. The monoisotopic (exact) mass is 356 g/mol. The highest BCUT2D eigenvalue weighted by atomic mass is 32.2. The van der Waals surface area contributed by atoms with Crippen molar-refractivity contribution in [2.75, 3.05) is 20.6 Å². The summed E-state index contributed by atoms with van der Waals surface area (Å²) in [6.07, 6.45) is 5.88. The van der Waals surface area contributed by atoms with E-state index in [9.17, 15) is 9.59 Å². The Morgan fingerprint density at radius 2 is 1.75 bits per heavy atom. The van der Waals surface area contributed by atoms with Gasteiger partial charge in [-0.2, -0.15) is 4.99 Å². The standard InChI is InChI=1S/C17H32N4O2S/c1-7-18-14(22)19-15(24-13-11-9-8-10-12-13)20(5)16(23)21(6)17(2,3)4/h13H,7-12H2,1-6H3,(H,18,22). The van der Waals surface area contributed by atoms with Crippen molar-refractivity contribution < 1.29 is 9.59 Å². The molecule has 0 atom stereocenters. The van der Waals surface area contributed by atoms with Gasteiger partial charge in [-0.1, -0.05) is 31.0 Å². The van der Waals surface area contributed by atoms with Gasteiger partial charge in [-0.15, -0.1) is 0 Å². The maximum Gasteiger partial charge on any atom is 0.343 e. The quantitative estimate of drug-likeness (QED) is 0.602. The van der Waals surface area contributed by atoms with Crippen LogP contribution in [0.2, 0.25) is 0 Å². The van der Waals surface area contributed by atoms with Gasteiger partial charge in [-0.25, -0.2) is 9.59 Å². The topological polar surface area (TPSA) is 65.0 Å². The minimum absolute atomic E-state index is 0.158. The predicted molar refractivity (Wildman–Crippen MR) is 102 cm³/mol. The lowest BCUT2D eigenvalue weighted by Gasteiger charge is -2.35. The molecule has 7 heteroatoms. The predicted octanol–water partition coefficient (Wildman–Crippen LogP) is 3.92. The molecule has 24 heavy (non-hydrogen) atoms. The van der Waals surface area contributed by atoms with Gasteiger partial charge in [0.1, 0.15) is 0 Å². The van der Waals surface area contributed by atoms with Gasteiger partial charge >= 0.3 is 12.1 Å². The molecule has 0 aromatic carbocycles. The van der Waals surface area contributed by atoms with Crippen LogP contribution >= 0.6 is 11.8 Å². The number of rotatable bonds is 2. The zero-order valence-electron chi connectivity index (χ0n) is 15.9. The highest BCUT2D eigenvalue weighted by Crippen LogP contribution is 2.30. The summed E-state index contributed by atoms with van der Waals surface area (Å²) in [6.45, 7) is 8.31. The van der Waals surface area contributed by atoms with Crippen LogP contribution in [0.15, 0.2) is 4.99 Å². The molecule has 0 saturated heterocycles. The lowest BCUT2D eigenvalue weighted by molar-refractivity contribution is 0.150. The Balaban J connectivity index is 2.93. The third-order valence-electron chi connectivity index (χ3n) is 4.22. The third kappa shape index (κ3) is 6.34. The van der Waals surface area contributed by atoms with E-state index in [1.807, 2.05) is 27.7 Å². The Hall–Kier alpha value is -1.24. The number of nitrogens with one attached hydrogen (secondary N) is 1. The Bertz CT molecular complexity index is 468. The summed E-state index contributed by atoms with van der Waals surface area (Å²) in [7, 11) is 3.46. The van der Waals surface area contributed by atoms with E-state index in [4.69, 9.17) is 0 Å². The van der Waals surface area contributed by atoms with Crippen molar-refractivity contribution in [2.24, 2.45) is 4.99 Å². The van der Waals surface area contributed by atoms with Crippen molar-refractivity contribution in [3.63, 3.8) is 0 Å². The number of hydrogen-bond acceptors (Lipinski definition) is 3. The first-order chi connectivity index (χ1) is 11.2. The molecule has 1 N–H and O–H groups in total. The molecule has 0 radical (unpaired) electrons. The first-order valence-electron chi connectivity index (χ1n) is 8.71. The summed E-state index contributed by atoms with van der Waals surface area (Å²) < 4.78 is 0. The molecule has 138 valence electrons. The zero-order valence-corrected chi connectivity index (χ0v) is 16.7. The molecule has 0 aromatic rings. The van der Waals surface area contributed by atoms with Gasteiger partial charge < -0.3 is 10.2 Å². The van der Waals surface area contributed by atoms with Gasteiger partial charge in [0.25, 0.3) is 0 Å². The summed E-state index contributed by atoms with van der Waals surface area (Å²) in [6, 6.07) is -0.553. The highest BCUT2D eigenvalue weighted by Gasteiger charge is 2.29. The van der Waals surface area contributed by atoms with Crippen LogP contribution in [0.25, 0.3) is 0 Å². The SMILES string of the molecule is CCNC(=O)N=C(SC1CCCCC1)N(C)C(=O)N(C)C(C)(C)C. The van der Waals surface area contributed by atoms with E-state index in [0.717, 1.165) is 12.8 Å². The molecule has 0 bridgehead atoms. The molecule has 0 spiro atoms. The minimum atomic E-state index is -0.395. The van der Waals surface area contributed by atoms with Crippen molar-refractivity contribution in [2.45, 2.75) is 70.6 Å². The maximum absolute atomic E-state index is 12.7. The van der Waals surface area contributed by atoms with Crippen LogP contribution in [0, 0.1) is 0 Å². The molecule has 1 rings (SSSR count). The second-order valence-corrected chi connectivity index (χ2v) is 8.45. The number of amidine groups is 1. The lowest BCUT2D eigenvalue weighted by atomic mass is 10.0. The molecule has 0 aliphatic heterocycles. The van der Waals surface area contributed by atoms with E-state index < -0.39 is 6.03 Å². The van der Waals surface area contributed by atoms with Crippen LogP contribution < -0.4 is 5.32 Å². The van der Waals surface area contributed by atoms with Gasteiger partial charge in [-0.3, -0.25) is 4.90 Å². The molecule has 1 saturated carbocycles. The number of nitrogens with zero attached hydrogens (tertiary/aromatic N) is 3. The fraction of sp³-hybridized carbons (Fsp3) is 0.824. The third-order valence-corrected chi connectivity index (χ3v) is 5.60. The normalized spacial score (nSPS) is 16.7. The van der Waals surface area contributed by atoms with Gasteiger partial charge in [0.2, 0.25) is 0 Å². The number of hydrogen-bond donors (Lipinski definition) is 1. The van der Waals surface area contributed by atoms with Crippen LogP contribution in [-0.4, -0.2) is 58.5 Å². The van der Waals surface area contributed by atoms with E-state index in [0.29, 0.717) is 17.0 Å². The highest BCUT2D eigenvalue weighted by molar-refractivity contribution is 8.14. The van der Waals surface area contributed by atoms with E-state index in [1.165, 1.54) is 24.2 Å². The fourth-order valence-corrected chi connectivity index (χ4v) is 3.62. The van der Waals surface area contributed by atoms with Crippen molar-refractivity contribution >= 4 is 29.0 Å². The average molecular weight is 357 g/mol. The Labute approximate surface area is 150 Å². The van der Waals surface area contributed by atoms with Gasteiger partial charge in [-0.05, 0) is 40.5 Å². The van der Waals surface area contributed by atoms with Crippen molar-refractivity contribution in [3.05, 3.63) is 0 Å². The van der Waals surface area contributed by atoms with E-state index in [-0.39, 0.29) is 11.6 Å². The number of thioether (sulfide) groups is 1. The molecule has 4 amide bonds. The fourth-order valence-electron chi connectivity index (χ4n) is 2.38. The van der Waals surface area contributed by atoms with Crippen molar-refractivity contribution in [1.82, 2.24) is 15.1 Å². The minimum Gasteiger partial charge on any atom is -0.336 e. The van der Waals surface area contributed by atoms with Crippen molar-refractivity contribution in [3.8, 4) is 0 Å². The first kappa shape index (κ1) is 20.8. The average Bonchev–Trinajstić information content (AvgIpc) is 2.52. The summed E-state index contributed by atoms with van der Waals surface area (Å²) in [5.74, 6) is 0. The second-order valence-electron chi connectivity index (χ2n) is 7.18. The van der Waals surface area contributed by atoms with Crippen LogP contribution in [0.5, 0.6) is 0 Å². The maximum atomic E-state index is 12.7. The number of carbonyl (C=O) groups is 2. The molecule has 6 nitrogen and oxygen atoms in total. The summed E-state index contributed by atoms with van der Waals surface area (Å²) in [5.41, 5.74) is -0.294. The van der Waals surface area contributed by atoms with Crippen LogP contribution in [0.4, 0.5) is 9.59 Å². The second kappa shape index (κ2) is 9.30. The molecule has 0 unspecified atom stereocenters. The first-order valence-corrected chi connectivity index (χ1v) is 9.59. The summed E-state index contributed by atoms with van der Waals surface area (Å²) in [4.78, 5) is 32.0. The van der Waals surface area contributed by atoms with Crippen LogP contribution in [0.3, 0.4) is 0 Å². The lowest BCUT2D eigenvalue weighted by Crippen LogP contribution is -2.50. The Morgan fingerprint density at radius 3 is 2.25 bits per heavy atom. The summed E-state index contributed by atoms with van der Waals surface area (Å²) >= 11 is 1.55. The molecule has 1 aliphatic rings. The van der Waals surface area contributed by atoms with Gasteiger partial charge in [0.05, 0.1) is 0 Å². The zero-order chi connectivity index (χ0) is 18.3. The number of amides is 4. The molecular weight excluding hydrogens is 324 g/mol. The van der Waals surface area contributed by atoms with Crippen LogP contribution in [0.1, 0.15) is 59.8 Å².